The zero-order valence-electron chi connectivity index (χ0n) is 10.7. The highest BCUT2D eigenvalue weighted by molar-refractivity contribution is 7.09. The number of hydrogen-bond donors (Lipinski definition) is 2. The van der Waals surface area contributed by atoms with Gasteiger partial charge in [-0.05, 0) is 31.5 Å². The summed E-state index contributed by atoms with van der Waals surface area (Å²) in [4.78, 5) is 15.4. The van der Waals surface area contributed by atoms with Crippen molar-refractivity contribution in [2.24, 2.45) is 0 Å². The first-order chi connectivity index (χ1) is 9.16. The molecule has 2 rings (SSSR count). The van der Waals surface area contributed by atoms with Crippen LogP contribution in [0.15, 0.2) is 29.6 Å². The molecule has 1 heterocycles. The molecule has 0 radical (unpaired) electrons. The fourth-order valence-electron chi connectivity index (χ4n) is 1.88. The summed E-state index contributed by atoms with van der Waals surface area (Å²) in [5.41, 5.74) is 2.28. The lowest BCUT2D eigenvalue weighted by atomic mass is 10.0. The van der Waals surface area contributed by atoms with E-state index in [1.807, 2.05) is 24.4 Å². The molecule has 1 aromatic carbocycles. The van der Waals surface area contributed by atoms with Gasteiger partial charge in [-0.15, -0.1) is 11.3 Å². The minimum absolute atomic E-state index is 0.383. The van der Waals surface area contributed by atoms with Crippen molar-refractivity contribution >= 4 is 17.3 Å². The summed E-state index contributed by atoms with van der Waals surface area (Å²) < 4.78 is 0. The molecule has 0 spiro atoms. The van der Waals surface area contributed by atoms with E-state index in [9.17, 15) is 4.79 Å². The lowest BCUT2D eigenvalue weighted by Crippen LogP contribution is -2.18. The summed E-state index contributed by atoms with van der Waals surface area (Å²) in [6, 6.07) is 7.11. The van der Waals surface area contributed by atoms with Gasteiger partial charge in [-0.3, -0.25) is 0 Å². The van der Waals surface area contributed by atoms with Crippen LogP contribution in [0.3, 0.4) is 0 Å². The van der Waals surface area contributed by atoms with E-state index < -0.39 is 5.97 Å². The summed E-state index contributed by atoms with van der Waals surface area (Å²) in [5, 5.41) is 15.5. The van der Waals surface area contributed by atoms with Crippen LogP contribution in [-0.4, -0.2) is 22.6 Å². The monoisotopic (exact) mass is 276 g/mol. The number of aryl methyl sites for hydroxylation is 1. The Morgan fingerprint density at radius 1 is 1.42 bits per heavy atom. The van der Waals surface area contributed by atoms with Gasteiger partial charge in [0.15, 0.2) is 0 Å². The van der Waals surface area contributed by atoms with Crippen LogP contribution in [0, 0.1) is 6.92 Å². The number of aromatic carboxylic acids is 1. The minimum Gasteiger partial charge on any atom is -0.478 e. The smallest absolute Gasteiger partial charge is 0.335 e. The van der Waals surface area contributed by atoms with Crippen LogP contribution in [-0.2, 0) is 13.0 Å². The lowest BCUT2D eigenvalue weighted by Gasteiger charge is -2.06. The standard InChI is InChI=1S/C14H16N2O2S/c1-10-16-12(9-19-10)8-15-7-6-11-4-2-3-5-13(11)14(17)18/h2-5,9,15H,6-8H2,1H3,(H,17,18). The second kappa shape index (κ2) is 6.45. The second-order valence-electron chi connectivity index (χ2n) is 4.25. The van der Waals surface area contributed by atoms with E-state index in [1.165, 1.54) is 0 Å². The maximum absolute atomic E-state index is 11.0. The molecule has 0 saturated carbocycles. The van der Waals surface area contributed by atoms with Gasteiger partial charge in [0.25, 0.3) is 0 Å². The Kier molecular flexibility index (Phi) is 4.65. The normalized spacial score (nSPS) is 10.6. The van der Waals surface area contributed by atoms with E-state index in [-0.39, 0.29) is 0 Å². The number of thiazole rings is 1. The third-order valence-electron chi connectivity index (χ3n) is 2.79. The van der Waals surface area contributed by atoms with Crippen LogP contribution in [0.1, 0.15) is 26.6 Å². The molecular weight excluding hydrogens is 260 g/mol. The molecule has 0 bridgehead atoms. The molecule has 2 aromatic rings. The fourth-order valence-corrected chi connectivity index (χ4v) is 2.49. The van der Waals surface area contributed by atoms with Crippen molar-refractivity contribution in [1.82, 2.24) is 10.3 Å². The molecule has 0 fully saturated rings. The summed E-state index contributed by atoms with van der Waals surface area (Å²) in [7, 11) is 0. The van der Waals surface area contributed by atoms with Gasteiger partial charge in [0, 0.05) is 11.9 Å². The van der Waals surface area contributed by atoms with E-state index in [0.717, 1.165) is 29.4 Å². The maximum atomic E-state index is 11.0. The highest BCUT2D eigenvalue weighted by atomic mass is 32.1. The molecule has 0 amide bonds. The number of nitrogens with one attached hydrogen (secondary N) is 1. The van der Waals surface area contributed by atoms with Crippen molar-refractivity contribution in [3.05, 3.63) is 51.5 Å². The van der Waals surface area contributed by atoms with Crippen molar-refractivity contribution in [3.8, 4) is 0 Å². The number of carboxylic acid groups (broad SMARTS) is 1. The molecule has 0 atom stereocenters. The van der Waals surface area contributed by atoms with Crippen molar-refractivity contribution < 1.29 is 9.90 Å². The first kappa shape index (κ1) is 13.7. The summed E-state index contributed by atoms with van der Waals surface area (Å²) in [5.74, 6) is -0.870. The summed E-state index contributed by atoms with van der Waals surface area (Å²) >= 11 is 1.64. The first-order valence-electron chi connectivity index (χ1n) is 6.10. The third-order valence-corrected chi connectivity index (χ3v) is 3.61. The Labute approximate surface area is 116 Å². The van der Waals surface area contributed by atoms with Gasteiger partial charge < -0.3 is 10.4 Å². The number of carboxylic acids is 1. The van der Waals surface area contributed by atoms with Gasteiger partial charge in [0.2, 0.25) is 0 Å². The minimum atomic E-state index is -0.870. The predicted molar refractivity (Wildman–Crippen MR) is 75.7 cm³/mol. The van der Waals surface area contributed by atoms with E-state index >= 15 is 0 Å². The summed E-state index contributed by atoms with van der Waals surface area (Å²) in [6.45, 7) is 3.44. The van der Waals surface area contributed by atoms with Gasteiger partial charge in [-0.2, -0.15) is 0 Å². The molecule has 5 heteroatoms. The number of hydrogen-bond acceptors (Lipinski definition) is 4. The Hall–Kier alpha value is -1.72. The molecule has 0 aliphatic carbocycles. The average molecular weight is 276 g/mol. The van der Waals surface area contributed by atoms with Gasteiger partial charge in [-0.25, -0.2) is 9.78 Å². The molecule has 1 aromatic heterocycles. The van der Waals surface area contributed by atoms with Gasteiger partial charge >= 0.3 is 5.97 Å². The maximum Gasteiger partial charge on any atom is 0.335 e. The van der Waals surface area contributed by atoms with Crippen LogP contribution in [0.5, 0.6) is 0 Å². The molecule has 0 aliphatic rings. The van der Waals surface area contributed by atoms with E-state index in [2.05, 4.69) is 10.3 Å². The van der Waals surface area contributed by atoms with Gasteiger partial charge in [-0.1, -0.05) is 18.2 Å². The predicted octanol–water partition coefficient (Wildman–Crippen LogP) is 2.48. The number of rotatable bonds is 6. The van der Waals surface area contributed by atoms with Crippen LogP contribution in [0.2, 0.25) is 0 Å². The topological polar surface area (TPSA) is 62.2 Å². The molecule has 19 heavy (non-hydrogen) atoms. The van der Waals surface area contributed by atoms with Crippen LogP contribution < -0.4 is 5.32 Å². The largest absolute Gasteiger partial charge is 0.478 e. The molecule has 0 unspecified atom stereocenters. The van der Waals surface area contributed by atoms with Gasteiger partial charge in [0.05, 0.1) is 16.3 Å². The zero-order chi connectivity index (χ0) is 13.7. The van der Waals surface area contributed by atoms with Crippen LogP contribution >= 0.6 is 11.3 Å². The average Bonchev–Trinajstić information content (AvgIpc) is 2.81. The SMILES string of the molecule is Cc1nc(CNCCc2ccccc2C(=O)O)cs1. The molecular formula is C14H16N2O2S. The number of nitrogens with zero attached hydrogens (tertiary/aromatic N) is 1. The Balaban J connectivity index is 1.84. The third kappa shape index (κ3) is 3.87. The number of aromatic nitrogens is 1. The molecule has 100 valence electrons. The molecule has 2 N–H and O–H groups in total. The highest BCUT2D eigenvalue weighted by Gasteiger charge is 2.08. The van der Waals surface area contributed by atoms with Crippen molar-refractivity contribution in [1.29, 1.82) is 0 Å². The van der Waals surface area contributed by atoms with E-state index in [4.69, 9.17) is 5.11 Å². The Bertz CT molecular complexity index is 566. The fraction of sp³-hybridized carbons (Fsp3) is 0.286. The molecule has 0 aliphatic heterocycles. The van der Waals surface area contributed by atoms with Gasteiger partial charge in [0.1, 0.15) is 0 Å². The highest BCUT2D eigenvalue weighted by Crippen LogP contribution is 2.10. The quantitative estimate of drug-likeness (QED) is 0.796. The van der Waals surface area contributed by atoms with Crippen LogP contribution in [0.25, 0.3) is 0 Å². The molecule has 4 nitrogen and oxygen atoms in total. The second-order valence-corrected chi connectivity index (χ2v) is 5.31. The summed E-state index contributed by atoms with van der Waals surface area (Å²) in [6.07, 6.45) is 0.700. The Morgan fingerprint density at radius 3 is 2.89 bits per heavy atom. The van der Waals surface area contributed by atoms with Crippen LogP contribution in [0.4, 0.5) is 0 Å². The Morgan fingerprint density at radius 2 is 2.21 bits per heavy atom. The van der Waals surface area contributed by atoms with E-state index in [1.54, 1.807) is 23.5 Å². The zero-order valence-corrected chi connectivity index (χ0v) is 11.5. The van der Waals surface area contributed by atoms with Crippen molar-refractivity contribution in [2.45, 2.75) is 19.9 Å². The lowest BCUT2D eigenvalue weighted by molar-refractivity contribution is 0.0695. The van der Waals surface area contributed by atoms with E-state index in [0.29, 0.717) is 12.0 Å². The van der Waals surface area contributed by atoms with Crippen molar-refractivity contribution in [3.63, 3.8) is 0 Å². The number of benzene rings is 1. The van der Waals surface area contributed by atoms with Crippen molar-refractivity contribution in [2.75, 3.05) is 6.54 Å². The molecule has 0 saturated heterocycles. The number of carbonyl (C=O) groups is 1. The first-order valence-corrected chi connectivity index (χ1v) is 6.97.